The average Bonchev–Trinajstić information content (AvgIpc) is 2.83. The van der Waals surface area contributed by atoms with Crippen LogP contribution in [0.3, 0.4) is 0 Å². The Morgan fingerprint density at radius 2 is 1.95 bits per heavy atom. The fourth-order valence-corrected chi connectivity index (χ4v) is 4.87. The maximum atomic E-state index is 13.0. The van der Waals surface area contributed by atoms with Crippen LogP contribution in [-0.2, 0) is 16.4 Å². The first kappa shape index (κ1) is 15.2. The number of sulfonamides is 1. The number of hydrogen-bond donors (Lipinski definition) is 0. The van der Waals surface area contributed by atoms with Gasteiger partial charge in [0, 0.05) is 6.04 Å². The van der Waals surface area contributed by atoms with E-state index < -0.39 is 10.0 Å². The Bertz CT molecular complexity index is 820. The standard InChI is InChI=1S/C16H16ClNO3S/c1-11-9-12-5-3-4-6-15(12)18(11)22(19,20)13-7-8-16(21-2)14(17)10-13/h3-8,10-11H,9H2,1-2H3. The van der Waals surface area contributed by atoms with Gasteiger partial charge in [-0.05, 0) is 43.2 Å². The monoisotopic (exact) mass is 337 g/mol. The smallest absolute Gasteiger partial charge is 0.264 e. The Kier molecular flexibility index (Phi) is 3.78. The van der Waals surface area contributed by atoms with E-state index >= 15 is 0 Å². The zero-order chi connectivity index (χ0) is 15.9. The largest absolute Gasteiger partial charge is 0.495 e. The highest BCUT2D eigenvalue weighted by molar-refractivity contribution is 7.92. The molecule has 0 saturated heterocycles. The maximum absolute atomic E-state index is 13.0. The van der Waals surface area contributed by atoms with Crippen LogP contribution < -0.4 is 9.04 Å². The summed E-state index contributed by atoms with van der Waals surface area (Å²) in [5, 5.41) is 0.281. The van der Waals surface area contributed by atoms with Gasteiger partial charge < -0.3 is 4.74 Å². The van der Waals surface area contributed by atoms with E-state index in [0.717, 1.165) is 11.3 Å². The number of methoxy groups -OCH3 is 1. The summed E-state index contributed by atoms with van der Waals surface area (Å²) in [5.74, 6) is 0.454. The molecular formula is C16H16ClNO3S. The molecule has 1 heterocycles. The first-order chi connectivity index (χ1) is 10.4. The number of benzene rings is 2. The molecule has 1 atom stereocenters. The molecule has 3 rings (SSSR count). The third-order valence-corrected chi connectivity index (χ3v) is 6.04. The topological polar surface area (TPSA) is 46.6 Å². The van der Waals surface area contributed by atoms with Crippen molar-refractivity contribution in [1.82, 2.24) is 0 Å². The fraction of sp³-hybridized carbons (Fsp3) is 0.250. The molecular weight excluding hydrogens is 322 g/mol. The van der Waals surface area contributed by atoms with Crippen LogP contribution >= 0.6 is 11.6 Å². The third-order valence-electron chi connectivity index (χ3n) is 3.82. The Morgan fingerprint density at radius 3 is 2.64 bits per heavy atom. The van der Waals surface area contributed by atoms with E-state index in [1.807, 2.05) is 31.2 Å². The summed E-state index contributed by atoms with van der Waals surface area (Å²) in [5.41, 5.74) is 1.78. The van der Waals surface area contributed by atoms with Gasteiger partial charge in [-0.1, -0.05) is 29.8 Å². The minimum absolute atomic E-state index is 0.122. The van der Waals surface area contributed by atoms with Crippen molar-refractivity contribution in [3.05, 3.63) is 53.1 Å². The zero-order valence-electron chi connectivity index (χ0n) is 12.3. The minimum atomic E-state index is -3.66. The van der Waals surface area contributed by atoms with Gasteiger partial charge in [-0.25, -0.2) is 8.42 Å². The van der Waals surface area contributed by atoms with E-state index in [1.165, 1.54) is 23.5 Å². The summed E-state index contributed by atoms with van der Waals surface area (Å²) in [7, 11) is -2.16. The molecule has 0 aliphatic carbocycles. The van der Waals surface area contributed by atoms with E-state index in [0.29, 0.717) is 12.2 Å². The predicted molar refractivity (Wildman–Crippen MR) is 87.3 cm³/mol. The van der Waals surface area contributed by atoms with E-state index in [1.54, 1.807) is 6.07 Å². The minimum Gasteiger partial charge on any atom is -0.495 e. The summed E-state index contributed by atoms with van der Waals surface area (Å²) in [4.78, 5) is 0.168. The number of fused-ring (bicyclic) bond motifs is 1. The summed E-state index contributed by atoms with van der Waals surface area (Å²) in [6, 6.07) is 12.0. The normalized spacial score (nSPS) is 17.4. The molecule has 0 spiro atoms. The summed E-state index contributed by atoms with van der Waals surface area (Å²) < 4.78 is 32.5. The molecule has 6 heteroatoms. The van der Waals surface area contributed by atoms with Crippen LogP contribution in [0.2, 0.25) is 5.02 Å². The lowest BCUT2D eigenvalue weighted by Crippen LogP contribution is -2.35. The predicted octanol–water partition coefficient (Wildman–Crippen LogP) is 3.49. The number of anilines is 1. The van der Waals surface area contributed by atoms with Crippen LogP contribution in [0.1, 0.15) is 12.5 Å². The van der Waals surface area contributed by atoms with Gasteiger partial charge in [0.05, 0.1) is 22.7 Å². The van der Waals surface area contributed by atoms with Crippen molar-refractivity contribution >= 4 is 27.3 Å². The second kappa shape index (κ2) is 5.48. The molecule has 22 heavy (non-hydrogen) atoms. The van der Waals surface area contributed by atoms with Gasteiger partial charge in [-0.2, -0.15) is 0 Å². The molecule has 0 N–H and O–H groups in total. The van der Waals surface area contributed by atoms with Gasteiger partial charge in [-0.15, -0.1) is 0 Å². The Hall–Kier alpha value is -1.72. The van der Waals surface area contributed by atoms with Gasteiger partial charge in [0.1, 0.15) is 5.75 Å². The summed E-state index contributed by atoms with van der Waals surface area (Å²) in [6.07, 6.45) is 0.708. The highest BCUT2D eigenvalue weighted by Crippen LogP contribution is 2.37. The Morgan fingerprint density at radius 1 is 1.23 bits per heavy atom. The molecule has 1 aliphatic rings. The van der Waals surface area contributed by atoms with Crippen LogP contribution in [0.5, 0.6) is 5.75 Å². The molecule has 1 unspecified atom stereocenters. The molecule has 0 radical (unpaired) electrons. The highest BCUT2D eigenvalue weighted by Gasteiger charge is 2.36. The molecule has 116 valence electrons. The summed E-state index contributed by atoms with van der Waals surface area (Å²) >= 11 is 6.07. The number of halogens is 1. The molecule has 4 nitrogen and oxygen atoms in total. The van der Waals surface area contributed by atoms with Gasteiger partial charge in [-0.3, -0.25) is 4.31 Å². The van der Waals surface area contributed by atoms with Crippen molar-refractivity contribution in [3.63, 3.8) is 0 Å². The van der Waals surface area contributed by atoms with Crippen molar-refractivity contribution in [2.24, 2.45) is 0 Å². The molecule has 2 aromatic rings. The molecule has 1 aliphatic heterocycles. The lowest BCUT2D eigenvalue weighted by atomic mass is 10.1. The zero-order valence-corrected chi connectivity index (χ0v) is 13.9. The second-order valence-electron chi connectivity index (χ2n) is 5.28. The molecule has 0 fully saturated rings. The van der Waals surface area contributed by atoms with E-state index in [2.05, 4.69) is 0 Å². The Labute approximate surface area is 135 Å². The molecule has 0 aromatic heterocycles. The van der Waals surface area contributed by atoms with E-state index in [4.69, 9.17) is 16.3 Å². The van der Waals surface area contributed by atoms with Crippen molar-refractivity contribution in [2.45, 2.75) is 24.3 Å². The van der Waals surface area contributed by atoms with Gasteiger partial charge >= 0.3 is 0 Å². The van der Waals surface area contributed by atoms with Crippen molar-refractivity contribution in [3.8, 4) is 5.75 Å². The Balaban J connectivity index is 2.09. The van der Waals surface area contributed by atoms with E-state index in [-0.39, 0.29) is 16.0 Å². The third kappa shape index (κ3) is 2.34. The van der Waals surface area contributed by atoms with Crippen molar-refractivity contribution in [1.29, 1.82) is 0 Å². The van der Waals surface area contributed by atoms with Crippen LogP contribution in [0.15, 0.2) is 47.4 Å². The second-order valence-corrected chi connectivity index (χ2v) is 7.50. The maximum Gasteiger partial charge on any atom is 0.264 e. The van der Waals surface area contributed by atoms with Gasteiger partial charge in [0.2, 0.25) is 0 Å². The van der Waals surface area contributed by atoms with Gasteiger partial charge in [0.15, 0.2) is 0 Å². The number of nitrogens with zero attached hydrogens (tertiary/aromatic N) is 1. The lowest BCUT2D eigenvalue weighted by molar-refractivity contribution is 0.414. The summed E-state index contributed by atoms with van der Waals surface area (Å²) in [6.45, 7) is 1.91. The number of ether oxygens (including phenoxy) is 1. The molecule has 2 aromatic carbocycles. The molecule has 0 bridgehead atoms. The number of rotatable bonds is 3. The van der Waals surface area contributed by atoms with Gasteiger partial charge in [0.25, 0.3) is 10.0 Å². The average molecular weight is 338 g/mol. The van der Waals surface area contributed by atoms with Crippen LogP contribution in [-0.4, -0.2) is 21.6 Å². The number of hydrogen-bond acceptors (Lipinski definition) is 3. The quantitative estimate of drug-likeness (QED) is 0.861. The first-order valence-corrected chi connectivity index (χ1v) is 8.73. The van der Waals surface area contributed by atoms with Crippen molar-refractivity contribution in [2.75, 3.05) is 11.4 Å². The van der Waals surface area contributed by atoms with E-state index in [9.17, 15) is 8.42 Å². The van der Waals surface area contributed by atoms with Crippen LogP contribution in [0.4, 0.5) is 5.69 Å². The SMILES string of the molecule is COc1ccc(S(=O)(=O)N2c3ccccc3CC2C)cc1Cl. The fourth-order valence-electron chi connectivity index (χ4n) is 2.82. The molecule has 0 saturated carbocycles. The van der Waals surface area contributed by atoms with Crippen molar-refractivity contribution < 1.29 is 13.2 Å². The first-order valence-electron chi connectivity index (χ1n) is 6.91. The molecule has 0 amide bonds. The highest BCUT2D eigenvalue weighted by atomic mass is 35.5. The lowest BCUT2D eigenvalue weighted by Gasteiger charge is -2.24. The van der Waals surface area contributed by atoms with Crippen LogP contribution in [0, 0.1) is 0 Å². The number of para-hydroxylation sites is 1. The van der Waals surface area contributed by atoms with Crippen LogP contribution in [0.25, 0.3) is 0 Å².